The molecule has 2 aliphatic rings. The van der Waals surface area contributed by atoms with Gasteiger partial charge in [-0.2, -0.15) is 0 Å². The lowest BCUT2D eigenvalue weighted by Crippen LogP contribution is -2.57. The van der Waals surface area contributed by atoms with Gasteiger partial charge in [-0.25, -0.2) is 9.97 Å². The molecule has 0 radical (unpaired) electrons. The second-order valence-corrected chi connectivity index (χ2v) is 23.3. The highest BCUT2D eigenvalue weighted by Crippen LogP contribution is 2.31. The molecular weight excluding hydrogens is 1100 g/mol. The predicted octanol–water partition coefficient (Wildman–Crippen LogP) is 7.24. The summed E-state index contributed by atoms with van der Waals surface area (Å²) in [5.74, 6) is -1.31. The number of anilines is 3. The number of ether oxygens (including phenoxy) is 4. The Hall–Kier alpha value is -7.02. The van der Waals surface area contributed by atoms with E-state index in [1.165, 1.54) is 16.2 Å². The highest BCUT2D eigenvalue weighted by Gasteiger charge is 2.44. The molecule has 3 atom stereocenters. The van der Waals surface area contributed by atoms with E-state index in [1.807, 2.05) is 129 Å². The molecule has 5 amide bonds. The lowest BCUT2D eigenvalue weighted by atomic mass is 9.85. The molecule has 0 spiro atoms. The Balaban J connectivity index is 0.624. The zero-order valence-corrected chi connectivity index (χ0v) is 49.5. The van der Waals surface area contributed by atoms with Gasteiger partial charge in [-0.05, 0) is 77.9 Å². The van der Waals surface area contributed by atoms with Crippen molar-refractivity contribution in [3.05, 3.63) is 130 Å². The maximum atomic E-state index is 14.0. The molecule has 83 heavy (non-hydrogen) atoms. The minimum absolute atomic E-state index is 0.0117. The standard InChI is InChI=1S/C61H76N10O10S2/c1-41-8-17-48(33-50(41)66-60-67-51(39-82-60)47-7-6-20-62-36-47)65-57(75)46-15-11-44(12-16-46)37-69-21-23-70(24-22-69)54(74)19-26-79-28-30-81-32-31-80-29-27-78-25-18-53(73)68-56(61(3,4)5)59(77)71-38-49(72)34-52(71)58(76)63-35-43-9-13-45(14-10-43)55-42(2)64-40-83-55/h6-17,20,33,36,39-40,49,52,56,72H,18-19,21-32,34-35,37-38H2,1-5H3,(H,63,76)(H,65,75)(H,66,67)(H,68,73)/t49-,52+,56-/m1/s1. The summed E-state index contributed by atoms with van der Waals surface area (Å²) >= 11 is 3.07. The van der Waals surface area contributed by atoms with Gasteiger partial charge in [0, 0.05) is 98.9 Å². The Bertz CT molecular complexity index is 3070. The summed E-state index contributed by atoms with van der Waals surface area (Å²) in [6.07, 6.45) is 3.06. The zero-order chi connectivity index (χ0) is 58.7. The molecule has 3 aromatic carbocycles. The Morgan fingerprint density at radius 1 is 0.783 bits per heavy atom. The van der Waals surface area contributed by atoms with Crippen molar-refractivity contribution in [1.82, 2.24) is 40.3 Å². The molecule has 0 saturated carbocycles. The highest BCUT2D eigenvalue weighted by molar-refractivity contribution is 7.14. The molecule has 0 bridgehead atoms. The summed E-state index contributed by atoms with van der Waals surface area (Å²) in [6, 6.07) is 23.3. The van der Waals surface area contributed by atoms with Gasteiger partial charge in [-0.1, -0.05) is 63.2 Å². The average Bonchev–Trinajstić information content (AvgIpc) is 4.30. The summed E-state index contributed by atoms with van der Waals surface area (Å²) in [5.41, 5.74) is 10.0. The first-order valence-corrected chi connectivity index (χ1v) is 29.8. The second kappa shape index (κ2) is 30.5. The first-order chi connectivity index (χ1) is 40.1. The molecule has 2 aliphatic heterocycles. The number of likely N-dealkylation sites (tertiary alicyclic amines) is 1. The minimum Gasteiger partial charge on any atom is -0.391 e. The number of aryl methyl sites for hydroxylation is 2. The fraction of sp³-hybridized carbons (Fsp3) is 0.443. The summed E-state index contributed by atoms with van der Waals surface area (Å²) in [6.45, 7) is 15.6. The molecule has 20 nitrogen and oxygen atoms in total. The number of nitrogens with one attached hydrogen (secondary N) is 4. The lowest BCUT2D eigenvalue weighted by Gasteiger charge is -2.35. The number of β-amino-alcohol motifs (C(OH)–C–C–N with tert-alkyl or cyclic N) is 1. The quantitative estimate of drug-likeness (QED) is 0.0304. The third-order valence-corrected chi connectivity index (χ3v) is 16.0. The van der Waals surface area contributed by atoms with Crippen molar-refractivity contribution in [1.29, 1.82) is 0 Å². The Kier molecular flexibility index (Phi) is 22.8. The molecule has 2 fully saturated rings. The fourth-order valence-corrected chi connectivity index (χ4v) is 11.1. The second-order valence-electron chi connectivity index (χ2n) is 21.6. The van der Waals surface area contributed by atoms with Crippen LogP contribution in [0.25, 0.3) is 21.7 Å². The topological polar surface area (TPSA) is 239 Å². The summed E-state index contributed by atoms with van der Waals surface area (Å²) in [4.78, 5) is 86.5. The zero-order valence-electron chi connectivity index (χ0n) is 47.9. The van der Waals surface area contributed by atoms with E-state index in [0.29, 0.717) is 70.4 Å². The molecular formula is C61H76N10O10S2. The van der Waals surface area contributed by atoms with Crippen molar-refractivity contribution < 1.29 is 48.0 Å². The van der Waals surface area contributed by atoms with E-state index < -0.39 is 29.5 Å². The molecule has 0 unspecified atom stereocenters. The van der Waals surface area contributed by atoms with Crippen molar-refractivity contribution >= 4 is 68.7 Å². The highest BCUT2D eigenvalue weighted by atomic mass is 32.1. The van der Waals surface area contributed by atoms with Crippen LogP contribution in [0.5, 0.6) is 0 Å². The van der Waals surface area contributed by atoms with Crippen LogP contribution >= 0.6 is 22.7 Å². The van der Waals surface area contributed by atoms with E-state index in [1.54, 1.807) is 23.7 Å². The van der Waals surface area contributed by atoms with Gasteiger partial charge < -0.3 is 55.1 Å². The third-order valence-electron chi connectivity index (χ3n) is 14.3. The number of carbonyl (C=O) groups is 5. The lowest BCUT2D eigenvalue weighted by molar-refractivity contribution is -0.144. The number of piperazine rings is 1. The molecule has 5 N–H and O–H groups in total. The number of aromatic nitrogens is 3. The van der Waals surface area contributed by atoms with E-state index >= 15 is 0 Å². The number of hydrogen-bond donors (Lipinski definition) is 5. The first-order valence-electron chi connectivity index (χ1n) is 28.1. The Morgan fingerprint density at radius 2 is 1.46 bits per heavy atom. The fourth-order valence-electron chi connectivity index (χ4n) is 9.56. The van der Waals surface area contributed by atoms with Gasteiger partial charge in [0.1, 0.15) is 12.1 Å². The van der Waals surface area contributed by atoms with Gasteiger partial charge in [0.2, 0.25) is 23.6 Å². The molecule has 8 rings (SSSR count). The van der Waals surface area contributed by atoms with Crippen LogP contribution in [0.2, 0.25) is 0 Å². The van der Waals surface area contributed by atoms with Gasteiger partial charge in [0.25, 0.3) is 5.91 Å². The number of carbonyl (C=O) groups excluding carboxylic acids is 5. The molecule has 442 valence electrons. The number of amides is 5. The van der Waals surface area contributed by atoms with E-state index in [-0.39, 0.29) is 62.8 Å². The number of rotatable bonds is 28. The number of benzene rings is 3. The molecule has 3 aromatic heterocycles. The number of thiazole rings is 2. The molecule has 2 saturated heterocycles. The van der Waals surface area contributed by atoms with Crippen molar-refractivity contribution in [3.63, 3.8) is 0 Å². The van der Waals surface area contributed by atoms with Gasteiger partial charge in [-0.3, -0.25) is 33.9 Å². The third kappa shape index (κ3) is 18.5. The SMILES string of the molecule is Cc1ccc(NC(=O)c2ccc(CN3CCN(C(=O)CCOCCOCCOCCOCCC(=O)N[C@H](C(=O)N4C[C@H](O)C[C@H]4C(=O)NCc4ccc(-c5scnc5C)cc4)C(C)(C)C)CC3)cc2)cc1Nc1nc(-c2cccnc2)cs1. The maximum Gasteiger partial charge on any atom is 0.255 e. The van der Waals surface area contributed by atoms with Crippen molar-refractivity contribution in [2.24, 2.45) is 5.41 Å². The number of nitrogens with zero attached hydrogens (tertiary/aromatic N) is 6. The van der Waals surface area contributed by atoms with E-state index in [2.05, 4.69) is 36.1 Å². The molecule has 5 heterocycles. The van der Waals surface area contributed by atoms with Crippen molar-refractivity contribution in [3.8, 4) is 21.7 Å². The van der Waals surface area contributed by atoms with E-state index in [0.717, 1.165) is 74.5 Å². The van der Waals surface area contributed by atoms with E-state index in [9.17, 15) is 29.1 Å². The van der Waals surface area contributed by atoms with E-state index in [4.69, 9.17) is 23.9 Å². The Labute approximate surface area is 493 Å². The van der Waals surface area contributed by atoms with Crippen molar-refractivity contribution in [2.45, 2.75) is 85.2 Å². The average molecular weight is 1170 g/mol. The van der Waals surface area contributed by atoms with Crippen LogP contribution in [-0.4, -0.2) is 168 Å². The van der Waals surface area contributed by atoms with Gasteiger partial charge in [-0.15, -0.1) is 22.7 Å². The molecule has 6 aromatic rings. The van der Waals surface area contributed by atoms with Crippen LogP contribution in [0, 0.1) is 19.3 Å². The summed E-state index contributed by atoms with van der Waals surface area (Å²) in [5, 5.41) is 25.5. The molecule has 0 aliphatic carbocycles. The van der Waals surface area contributed by atoms with Crippen LogP contribution < -0.4 is 21.3 Å². The summed E-state index contributed by atoms with van der Waals surface area (Å²) < 4.78 is 22.5. The number of hydrogen-bond acceptors (Lipinski definition) is 17. The smallest absolute Gasteiger partial charge is 0.255 e. The van der Waals surface area contributed by atoms with Crippen LogP contribution in [0.15, 0.2) is 102 Å². The number of pyridine rings is 1. The number of aliphatic hydroxyl groups is 1. The maximum absolute atomic E-state index is 14.0. The number of aliphatic hydroxyl groups excluding tert-OH is 1. The van der Waals surface area contributed by atoms with Gasteiger partial charge in [0.15, 0.2) is 5.13 Å². The van der Waals surface area contributed by atoms with Crippen LogP contribution in [0.4, 0.5) is 16.5 Å². The molecule has 22 heteroatoms. The van der Waals surface area contributed by atoms with Gasteiger partial charge in [0.05, 0.1) is 87.2 Å². The van der Waals surface area contributed by atoms with Crippen molar-refractivity contribution in [2.75, 3.05) is 96.2 Å². The minimum atomic E-state index is -0.939. The normalized spacial score (nSPS) is 15.9. The summed E-state index contributed by atoms with van der Waals surface area (Å²) in [7, 11) is 0. The van der Waals surface area contributed by atoms with Crippen LogP contribution in [-0.2, 0) is 51.2 Å². The largest absolute Gasteiger partial charge is 0.391 e. The van der Waals surface area contributed by atoms with Crippen LogP contribution in [0.3, 0.4) is 0 Å². The Morgan fingerprint density at radius 3 is 2.11 bits per heavy atom. The van der Waals surface area contributed by atoms with Crippen LogP contribution in [0.1, 0.15) is 72.8 Å². The van der Waals surface area contributed by atoms with Gasteiger partial charge >= 0.3 is 0 Å². The first kappa shape index (κ1) is 62.0. The predicted molar refractivity (Wildman–Crippen MR) is 320 cm³/mol. The monoisotopic (exact) mass is 1170 g/mol.